The molecule has 0 aliphatic carbocycles. The molecule has 0 N–H and O–H groups in total. The first-order valence-electron chi connectivity index (χ1n) is 15.7. The molecule has 0 heterocycles. The largest absolute Gasteiger partial charge is 0.282 e. The topological polar surface area (TPSA) is 68.3 Å². The standard InChI is InChI=1S/C38H38O4S7/c39-35(29-13-5-1-6-14-29)45-23-21-43-25-33(27-47-37(41)31-17-9-3-10-18-31)49-34(28-48-38(42)32-19-11-4-12-20-32)26-44-22-24-46-36(40)30-15-7-2-8-16-30/h1-20,33-34H,21-28H2. The number of hydrogen-bond acceptors (Lipinski definition) is 11. The fourth-order valence-electron chi connectivity index (χ4n) is 4.31. The van der Waals surface area contributed by atoms with E-state index in [4.69, 9.17) is 0 Å². The van der Waals surface area contributed by atoms with E-state index < -0.39 is 0 Å². The third-order valence-electron chi connectivity index (χ3n) is 6.75. The van der Waals surface area contributed by atoms with Crippen molar-refractivity contribution in [2.24, 2.45) is 0 Å². The molecule has 0 saturated carbocycles. The van der Waals surface area contributed by atoms with Crippen molar-refractivity contribution in [3.05, 3.63) is 144 Å². The lowest BCUT2D eigenvalue weighted by Crippen LogP contribution is -2.21. The van der Waals surface area contributed by atoms with Gasteiger partial charge < -0.3 is 0 Å². The Kier molecular flexibility index (Phi) is 19.1. The fraction of sp³-hybridized carbons (Fsp3) is 0.263. The molecule has 4 rings (SSSR count). The Hall–Kier alpha value is -1.99. The van der Waals surface area contributed by atoms with E-state index in [1.807, 2.05) is 133 Å². The zero-order valence-corrected chi connectivity index (χ0v) is 32.6. The summed E-state index contributed by atoms with van der Waals surface area (Å²) in [5, 5.41) is 0.614. The van der Waals surface area contributed by atoms with Crippen molar-refractivity contribution in [1.82, 2.24) is 0 Å². The molecular formula is C38H38O4S7. The van der Waals surface area contributed by atoms with Gasteiger partial charge in [-0.05, 0) is 0 Å². The van der Waals surface area contributed by atoms with Crippen LogP contribution in [0, 0.1) is 0 Å². The first kappa shape index (κ1) is 39.8. The highest BCUT2D eigenvalue weighted by atomic mass is 32.2. The molecule has 0 aliphatic heterocycles. The van der Waals surface area contributed by atoms with Crippen molar-refractivity contribution in [2.75, 3.05) is 46.0 Å². The highest BCUT2D eigenvalue weighted by Crippen LogP contribution is 2.32. The summed E-state index contributed by atoms with van der Waals surface area (Å²) in [6, 6.07) is 37.4. The Bertz CT molecular complexity index is 1460. The van der Waals surface area contributed by atoms with Crippen LogP contribution in [-0.4, -0.2) is 77.0 Å². The predicted octanol–water partition coefficient (Wildman–Crippen LogP) is 10.2. The van der Waals surface area contributed by atoms with Crippen LogP contribution in [0.4, 0.5) is 0 Å². The molecule has 4 nitrogen and oxygen atoms in total. The van der Waals surface area contributed by atoms with Crippen LogP contribution in [0.3, 0.4) is 0 Å². The predicted molar refractivity (Wildman–Crippen MR) is 223 cm³/mol. The van der Waals surface area contributed by atoms with Crippen LogP contribution in [0.2, 0.25) is 0 Å². The van der Waals surface area contributed by atoms with E-state index in [0.29, 0.717) is 45.3 Å². The van der Waals surface area contributed by atoms with Gasteiger partial charge in [0.25, 0.3) is 0 Å². The fourth-order valence-corrected chi connectivity index (χ4v) is 12.6. The summed E-state index contributed by atoms with van der Waals surface area (Å²) in [7, 11) is 0. The molecule has 0 saturated heterocycles. The molecule has 2 atom stereocenters. The smallest absolute Gasteiger partial charge is 0.219 e. The number of carbonyl (C=O) groups excluding carboxylic acids is 4. The molecule has 49 heavy (non-hydrogen) atoms. The van der Waals surface area contributed by atoms with Crippen LogP contribution >= 0.6 is 82.3 Å². The molecular weight excluding hydrogens is 745 g/mol. The average molecular weight is 783 g/mol. The molecule has 4 aromatic carbocycles. The van der Waals surface area contributed by atoms with Crippen LogP contribution in [0.5, 0.6) is 0 Å². The lowest BCUT2D eigenvalue weighted by atomic mass is 10.2. The van der Waals surface area contributed by atoms with E-state index in [1.165, 1.54) is 47.0 Å². The summed E-state index contributed by atoms with van der Waals surface area (Å²) in [5.41, 5.74) is 2.82. The number of thioether (sulfide) groups is 7. The average Bonchev–Trinajstić information content (AvgIpc) is 3.16. The van der Waals surface area contributed by atoms with Gasteiger partial charge >= 0.3 is 0 Å². The van der Waals surface area contributed by atoms with Gasteiger partial charge in [0.1, 0.15) is 0 Å². The zero-order chi connectivity index (χ0) is 34.5. The maximum Gasteiger partial charge on any atom is 0.219 e. The van der Waals surface area contributed by atoms with Gasteiger partial charge in [0, 0.05) is 78.8 Å². The van der Waals surface area contributed by atoms with Crippen molar-refractivity contribution in [3.63, 3.8) is 0 Å². The molecule has 0 aliphatic rings. The second-order valence-corrected chi connectivity index (χ2v) is 18.5. The molecule has 0 spiro atoms. The number of benzene rings is 4. The lowest BCUT2D eigenvalue weighted by molar-refractivity contribution is 0.108. The lowest BCUT2D eigenvalue weighted by Gasteiger charge is -2.23. The summed E-state index contributed by atoms with van der Waals surface area (Å²) < 4.78 is 0. The second kappa shape index (κ2) is 23.5. The molecule has 11 heteroatoms. The van der Waals surface area contributed by atoms with Gasteiger partial charge in [-0.15, -0.1) is 0 Å². The summed E-state index contributed by atoms with van der Waals surface area (Å²) in [6.07, 6.45) is 0. The van der Waals surface area contributed by atoms with Crippen molar-refractivity contribution in [2.45, 2.75) is 10.5 Å². The van der Waals surface area contributed by atoms with Gasteiger partial charge in [-0.25, -0.2) is 0 Å². The Labute approximate surface area is 319 Å². The van der Waals surface area contributed by atoms with E-state index >= 15 is 0 Å². The van der Waals surface area contributed by atoms with Crippen LogP contribution < -0.4 is 0 Å². The van der Waals surface area contributed by atoms with Crippen LogP contribution in [0.25, 0.3) is 0 Å². The van der Waals surface area contributed by atoms with E-state index in [9.17, 15) is 19.2 Å². The third-order valence-corrected chi connectivity index (χ3v) is 15.8. The van der Waals surface area contributed by atoms with E-state index in [-0.39, 0.29) is 31.0 Å². The molecule has 256 valence electrons. The van der Waals surface area contributed by atoms with E-state index in [0.717, 1.165) is 23.0 Å². The molecule has 0 aromatic heterocycles. The number of rotatable bonds is 20. The van der Waals surface area contributed by atoms with E-state index in [1.54, 1.807) is 23.5 Å². The van der Waals surface area contributed by atoms with Crippen molar-refractivity contribution in [1.29, 1.82) is 0 Å². The molecule has 0 bridgehead atoms. The SMILES string of the molecule is O=C(SCCSCC(CSC(=O)c1ccccc1)SC(CSCCSC(=O)c1ccccc1)CSC(=O)c1ccccc1)c1ccccc1. The van der Waals surface area contributed by atoms with Crippen molar-refractivity contribution < 1.29 is 19.2 Å². The molecule has 0 fully saturated rings. The Morgan fingerprint density at radius 3 is 0.959 bits per heavy atom. The minimum Gasteiger partial charge on any atom is -0.282 e. The van der Waals surface area contributed by atoms with Gasteiger partial charge in [0.05, 0.1) is 0 Å². The third kappa shape index (κ3) is 15.4. The van der Waals surface area contributed by atoms with Crippen LogP contribution in [0.15, 0.2) is 121 Å². The summed E-state index contributed by atoms with van der Waals surface area (Å²) in [5.74, 6) is 6.05. The monoisotopic (exact) mass is 782 g/mol. The molecule has 0 radical (unpaired) electrons. The zero-order valence-electron chi connectivity index (χ0n) is 26.8. The normalized spacial score (nSPS) is 12.2. The van der Waals surface area contributed by atoms with Crippen molar-refractivity contribution >= 4 is 103 Å². The van der Waals surface area contributed by atoms with E-state index in [2.05, 4.69) is 0 Å². The highest BCUT2D eigenvalue weighted by Gasteiger charge is 2.22. The van der Waals surface area contributed by atoms with Gasteiger partial charge in [-0.1, -0.05) is 168 Å². The maximum absolute atomic E-state index is 13.0. The first-order chi connectivity index (χ1) is 24.0. The molecule has 4 aromatic rings. The Morgan fingerprint density at radius 2 is 0.653 bits per heavy atom. The van der Waals surface area contributed by atoms with Gasteiger partial charge in [0.15, 0.2) is 0 Å². The van der Waals surface area contributed by atoms with Gasteiger partial charge in [-0.2, -0.15) is 35.3 Å². The summed E-state index contributed by atoms with van der Waals surface area (Å²) in [6.45, 7) is 0. The summed E-state index contributed by atoms with van der Waals surface area (Å²) >= 11 is 10.8. The summed E-state index contributed by atoms with van der Waals surface area (Å²) in [4.78, 5) is 51.1. The van der Waals surface area contributed by atoms with Crippen LogP contribution in [0.1, 0.15) is 41.4 Å². The minimum absolute atomic E-state index is 0.0554. The maximum atomic E-state index is 13.0. The first-order valence-corrected chi connectivity index (χ1v) is 22.9. The molecule has 2 unspecified atom stereocenters. The van der Waals surface area contributed by atoms with Crippen LogP contribution in [-0.2, 0) is 0 Å². The highest BCUT2D eigenvalue weighted by molar-refractivity contribution is 8.17. The minimum atomic E-state index is 0.0554. The Morgan fingerprint density at radius 1 is 0.367 bits per heavy atom. The number of carbonyl (C=O) groups is 4. The second-order valence-electron chi connectivity index (χ2n) is 10.5. The quantitative estimate of drug-likeness (QED) is 0.0805. The van der Waals surface area contributed by atoms with Crippen molar-refractivity contribution in [3.8, 4) is 0 Å². The Balaban J connectivity index is 1.34. The van der Waals surface area contributed by atoms with Gasteiger partial charge in [-0.3, -0.25) is 19.2 Å². The van der Waals surface area contributed by atoms with Gasteiger partial charge in [0.2, 0.25) is 20.5 Å². The molecule has 0 amide bonds. The number of hydrogen-bond donors (Lipinski definition) is 0.